The third-order valence-electron chi connectivity index (χ3n) is 4.33. The smallest absolute Gasteiger partial charge is 0.341 e. The molecule has 0 spiro atoms. The van der Waals surface area contributed by atoms with Crippen LogP contribution in [0.25, 0.3) is 0 Å². The van der Waals surface area contributed by atoms with Gasteiger partial charge >= 0.3 is 5.97 Å². The Hall–Kier alpha value is -2.29. The maximum atomic E-state index is 12.9. The van der Waals surface area contributed by atoms with Crippen molar-refractivity contribution in [2.75, 3.05) is 13.2 Å². The Bertz CT molecular complexity index is 945. The molecule has 0 fully saturated rings. The Kier molecular flexibility index (Phi) is 5.59. The fourth-order valence-corrected chi connectivity index (χ4v) is 4.69. The lowest BCUT2D eigenvalue weighted by Gasteiger charge is -2.31. The van der Waals surface area contributed by atoms with Gasteiger partial charge in [-0.25, -0.2) is 13.2 Å². The molecule has 2 aromatic carbocycles. The monoisotopic (exact) mass is 411 g/mol. The fraction of sp³-hybridized carbons (Fsp3) is 0.278. The molecule has 0 saturated heterocycles. The van der Waals surface area contributed by atoms with E-state index >= 15 is 0 Å². The number of rotatable bonds is 6. The van der Waals surface area contributed by atoms with Crippen molar-refractivity contribution < 1.29 is 27.8 Å². The highest BCUT2D eigenvalue weighted by Gasteiger charge is 2.37. The van der Waals surface area contributed by atoms with Crippen molar-refractivity contribution in [3.05, 3.63) is 53.1 Å². The lowest BCUT2D eigenvalue weighted by Crippen LogP contribution is -2.39. The van der Waals surface area contributed by atoms with Crippen LogP contribution in [0, 0.1) is 0 Å². The predicted octanol–water partition coefficient (Wildman–Crippen LogP) is 2.43. The van der Waals surface area contributed by atoms with E-state index in [1.54, 1.807) is 18.2 Å². The number of para-hydroxylation sites is 1. The number of sulfone groups is 1. The first-order chi connectivity index (χ1) is 12.8. The van der Waals surface area contributed by atoms with Crippen LogP contribution in [0.1, 0.15) is 17.9 Å². The lowest BCUT2D eigenvalue weighted by molar-refractivity contribution is -0.139. The molecule has 2 unspecified atom stereocenters. The van der Waals surface area contributed by atoms with Crippen LogP contribution in [-0.2, 0) is 14.6 Å². The molecule has 0 radical (unpaired) electrons. The van der Waals surface area contributed by atoms with Crippen LogP contribution in [0.3, 0.4) is 0 Å². The Morgan fingerprint density at radius 1 is 1.30 bits per heavy atom. The van der Waals surface area contributed by atoms with Gasteiger partial charge in [0.15, 0.2) is 27.9 Å². The molecule has 0 saturated carbocycles. The average Bonchev–Trinajstić information content (AvgIpc) is 2.65. The summed E-state index contributed by atoms with van der Waals surface area (Å²) in [5, 5.41) is 8.03. The first kappa shape index (κ1) is 19.5. The SMILES string of the molecule is NC(C1CCOc2c(OCC(=O)O)cccc21)S(=O)(=O)c1ccc(Cl)cc1. The van der Waals surface area contributed by atoms with Crippen molar-refractivity contribution in [3.8, 4) is 11.5 Å². The number of hydrogen-bond acceptors (Lipinski definition) is 6. The van der Waals surface area contributed by atoms with Crippen molar-refractivity contribution in [1.29, 1.82) is 0 Å². The summed E-state index contributed by atoms with van der Waals surface area (Å²) in [6, 6.07) is 10.8. The molecule has 27 heavy (non-hydrogen) atoms. The summed E-state index contributed by atoms with van der Waals surface area (Å²) >= 11 is 5.83. The highest BCUT2D eigenvalue weighted by molar-refractivity contribution is 7.92. The van der Waals surface area contributed by atoms with Gasteiger partial charge < -0.3 is 20.3 Å². The normalized spacial score (nSPS) is 17.5. The second kappa shape index (κ2) is 7.75. The first-order valence-corrected chi connectivity index (χ1v) is 10.1. The van der Waals surface area contributed by atoms with Crippen molar-refractivity contribution in [1.82, 2.24) is 0 Å². The molecule has 3 N–H and O–H groups in total. The van der Waals surface area contributed by atoms with E-state index in [9.17, 15) is 13.2 Å². The number of fused-ring (bicyclic) bond motifs is 1. The van der Waals surface area contributed by atoms with E-state index in [1.807, 2.05) is 0 Å². The maximum Gasteiger partial charge on any atom is 0.341 e. The van der Waals surface area contributed by atoms with E-state index in [0.717, 1.165) is 0 Å². The van der Waals surface area contributed by atoms with Gasteiger partial charge in [0, 0.05) is 16.5 Å². The molecule has 1 aliphatic rings. The molecule has 2 aromatic rings. The van der Waals surface area contributed by atoms with Crippen molar-refractivity contribution in [2.24, 2.45) is 5.73 Å². The number of hydrogen-bond donors (Lipinski definition) is 2. The summed E-state index contributed by atoms with van der Waals surface area (Å²) in [6.07, 6.45) is 0.406. The predicted molar refractivity (Wildman–Crippen MR) is 99.0 cm³/mol. The summed E-state index contributed by atoms with van der Waals surface area (Å²) in [5.41, 5.74) is 6.75. The molecule has 3 rings (SSSR count). The van der Waals surface area contributed by atoms with Gasteiger partial charge in [-0.15, -0.1) is 0 Å². The van der Waals surface area contributed by atoms with Crippen molar-refractivity contribution in [3.63, 3.8) is 0 Å². The fourth-order valence-electron chi connectivity index (χ4n) is 3.01. The summed E-state index contributed by atoms with van der Waals surface area (Å²) in [5.74, 6) is -1.07. The molecule has 0 aliphatic carbocycles. The van der Waals surface area contributed by atoms with Crippen LogP contribution in [-0.4, -0.2) is 38.1 Å². The van der Waals surface area contributed by atoms with E-state index in [0.29, 0.717) is 22.8 Å². The van der Waals surface area contributed by atoms with Crippen molar-refractivity contribution in [2.45, 2.75) is 22.6 Å². The number of halogens is 1. The van der Waals surface area contributed by atoms with Gasteiger partial charge in [0.1, 0.15) is 5.37 Å². The highest BCUT2D eigenvalue weighted by Crippen LogP contribution is 2.43. The molecule has 0 aromatic heterocycles. The van der Waals surface area contributed by atoms with Gasteiger partial charge in [0.2, 0.25) is 0 Å². The Morgan fingerprint density at radius 3 is 2.67 bits per heavy atom. The number of carbonyl (C=O) groups is 1. The number of aliphatic carboxylic acids is 1. The summed E-state index contributed by atoms with van der Waals surface area (Å²) in [4.78, 5) is 10.8. The largest absolute Gasteiger partial charge is 0.489 e. The lowest BCUT2D eigenvalue weighted by atomic mass is 9.92. The van der Waals surface area contributed by atoms with Crippen LogP contribution < -0.4 is 15.2 Å². The van der Waals surface area contributed by atoms with Gasteiger partial charge in [0.05, 0.1) is 11.5 Å². The molecule has 0 amide bonds. The average molecular weight is 412 g/mol. The standard InChI is InChI=1S/C18H18ClNO6S/c19-11-4-6-12(7-5-11)27(23,24)18(20)14-8-9-25-17-13(14)2-1-3-15(17)26-10-16(21)22/h1-7,14,18H,8-10,20H2,(H,21,22). The zero-order valence-corrected chi connectivity index (χ0v) is 15.7. The minimum atomic E-state index is -3.81. The summed E-state index contributed by atoms with van der Waals surface area (Å²) in [7, 11) is -3.81. The topological polar surface area (TPSA) is 116 Å². The summed E-state index contributed by atoms with van der Waals surface area (Å²) in [6.45, 7) is -0.283. The van der Waals surface area contributed by atoms with Crippen LogP contribution in [0.5, 0.6) is 11.5 Å². The highest BCUT2D eigenvalue weighted by atomic mass is 35.5. The Morgan fingerprint density at radius 2 is 2.00 bits per heavy atom. The Balaban J connectivity index is 1.94. The summed E-state index contributed by atoms with van der Waals surface area (Å²) < 4.78 is 36.7. The molecule has 7 nitrogen and oxygen atoms in total. The minimum Gasteiger partial charge on any atom is -0.489 e. The minimum absolute atomic E-state index is 0.0886. The molecular weight excluding hydrogens is 394 g/mol. The van der Waals surface area contributed by atoms with Gasteiger partial charge in [-0.3, -0.25) is 0 Å². The van der Waals surface area contributed by atoms with E-state index in [1.165, 1.54) is 24.3 Å². The van der Waals surface area contributed by atoms with E-state index < -0.39 is 33.7 Å². The zero-order valence-electron chi connectivity index (χ0n) is 14.2. The van der Waals surface area contributed by atoms with E-state index in [-0.39, 0.29) is 17.3 Å². The molecule has 1 aliphatic heterocycles. The quantitative estimate of drug-likeness (QED) is 0.749. The molecule has 1 heterocycles. The third-order valence-corrected chi connectivity index (χ3v) is 6.56. The van der Waals surface area contributed by atoms with Gasteiger partial charge in [-0.2, -0.15) is 0 Å². The van der Waals surface area contributed by atoms with Gasteiger partial charge in [0.25, 0.3) is 0 Å². The van der Waals surface area contributed by atoms with E-state index in [4.69, 9.17) is 31.9 Å². The van der Waals surface area contributed by atoms with Crippen LogP contribution in [0.15, 0.2) is 47.4 Å². The number of ether oxygens (including phenoxy) is 2. The van der Waals surface area contributed by atoms with Crippen LogP contribution >= 0.6 is 11.6 Å². The molecular formula is C18H18ClNO6S. The molecule has 144 valence electrons. The zero-order chi connectivity index (χ0) is 19.6. The molecule has 0 bridgehead atoms. The van der Waals surface area contributed by atoms with Crippen LogP contribution in [0.2, 0.25) is 5.02 Å². The maximum absolute atomic E-state index is 12.9. The second-order valence-electron chi connectivity index (χ2n) is 6.06. The molecule has 2 atom stereocenters. The van der Waals surface area contributed by atoms with Gasteiger partial charge in [-0.1, -0.05) is 23.7 Å². The third kappa shape index (κ3) is 4.02. The van der Waals surface area contributed by atoms with E-state index in [2.05, 4.69) is 0 Å². The number of carboxylic acid groups (broad SMARTS) is 1. The van der Waals surface area contributed by atoms with Gasteiger partial charge in [-0.05, 0) is 36.8 Å². The first-order valence-electron chi connectivity index (χ1n) is 8.16. The van der Waals surface area contributed by atoms with Crippen LogP contribution in [0.4, 0.5) is 0 Å². The second-order valence-corrected chi connectivity index (χ2v) is 8.61. The Labute approximate surface area is 161 Å². The number of benzene rings is 2. The van der Waals surface area contributed by atoms with Crippen molar-refractivity contribution >= 4 is 27.4 Å². The number of nitrogens with two attached hydrogens (primary N) is 1. The number of carboxylic acids is 1. The molecule has 9 heteroatoms.